The highest BCUT2D eigenvalue weighted by Gasteiger charge is 2.47. The molecule has 2 unspecified atom stereocenters. The predicted molar refractivity (Wildman–Crippen MR) is 41.5 cm³/mol. The second kappa shape index (κ2) is 1.97. The Morgan fingerprint density at radius 3 is 2.73 bits per heavy atom. The highest BCUT2D eigenvalue weighted by atomic mass is 16.9. The van der Waals surface area contributed by atoms with Gasteiger partial charge in [-0.2, -0.15) is 0 Å². The van der Waals surface area contributed by atoms with Gasteiger partial charge in [0.15, 0.2) is 0 Å². The molecule has 0 aromatic rings. The first kappa shape index (κ1) is 7.53. The number of hydrogen-bond acceptors (Lipinski definition) is 3. The van der Waals surface area contributed by atoms with Crippen LogP contribution in [-0.4, -0.2) is 17.4 Å². The molecule has 2 fully saturated rings. The first-order valence-corrected chi connectivity index (χ1v) is 4.15. The topological polar surface area (TPSA) is 35.5 Å². The Labute approximate surface area is 66.9 Å². The van der Waals surface area contributed by atoms with Crippen molar-refractivity contribution in [3.8, 4) is 0 Å². The summed E-state index contributed by atoms with van der Waals surface area (Å²) in [6.45, 7) is 4.79. The molecule has 2 aliphatic rings. The second-order valence-electron chi connectivity index (χ2n) is 4.51. The fraction of sp³-hybridized carbons (Fsp3) is 1.00. The van der Waals surface area contributed by atoms with Gasteiger partial charge in [-0.15, -0.1) is 0 Å². The first-order valence-electron chi connectivity index (χ1n) is 4.15. The zero-order valence-electron chi connectivity index (χ0n) is 7.09. The maximum absolute atomic E-state index is 11.2. The SMILES string of the molecule is CC12CCC(C)(C1)N([O-])OC2. The highest BCUT2D eigenvalue weighted by molar-refractivity contribution is 5.00. The molecule has 0 amide bonds. The van der Waals surface area contributed by atoms with E-state index in [1.54, 1.807) is 0 Å². The fourth-order valence-corrected chi connectivity index (χ4v) is 2.32. The smallest absolute Gasteiger partial charge is 0.0727 e. The van der Waals surface area contributed by atoms with Crippen molar-refractivity contribution in [2.45, 2.75) is 38.6 Å². The summed E-state index contributed by atoms with van der Waals surface area (Å²) in [5.74, 6) is 0. The molecule has 0 spiro atoms. The Bertz CT molecular complexity index is 181. The van der Waals surface area contributed by atoms with Gasteiger partial charge in [0.1, 0.15) is 0 Å². The van der Waals surface area contributed by atoms with Gasteiger partial charge in [-0.1, -0.05) is 6.92 Å². The molecule has 1 aliphatic heterocycles. The molecule has 0 aromatic carbocycles. The molecular formula is C8H14NO2-. The summed E-state index contributed by atoms with van der Waals surface area (Å²) in [4.78, 5) is 5.05. The third-order valence-corrected chi connectivity index (χ3v) is 3.05. The van der Waals surface area contributed by atoms with E-state index in [0.29, 0.717) is 6.61 Å². The molecule has 2 bridgehead atoms. The van der Waals surface area contributed by atoms with E-state index in [2.05, 4.69) is 6.92 Å². The van der Waals surface area contributed by atoms with Crippen LogP contribution in [0.4, 0.5) is 0 Å². The monoisotopic (exact) mass is 156 g/mol. The van der Waals surface area contributed by atoms with Gasteiger partial charge in [0, 0.05) is 5.54 Å². The van der Waals surface area contributed by atoms with E-state index in [0.717, 1.165) is 24.5 Å². The molecule has 2 atom stereocenters. The van der Waals surface area contributed by atoms with Crippen LogP contribution in [0.2, 0.25) is 0 Å². The fourth-order valence-electron chi connectivity index (χ4n) is 2.32. The summed E-state index contributed by atoms with van der Waals surface area (Å²) in [7, 11) is 0. The number of hydrogen-bond donors (Lipinski definition) is 0. The van der Waals surface area contributed by atoms with Gasteiger partial charge in [-0.25, -0.2) is 0 Å². The number of hydroxylamine groups is 2. The molecule has 0 N–H and O–H groups in total. The van der Waals surface area contributed by atoms with Crippen LogP contribution in [0, 0.1) is 10.6 Å². The average molecular weight is 156 g/mol. The van der Waals surface area contributed by atoms with Crippen LogP contribution >= 0.6 is 0 Å². The largest absolute Gasteiger partial charge is 0.762 e. The Balaban J connectivity index is 2.23. The standard InChI is InChI=1S/C8H14NO2/c1-7-3-4-8(2,5-7)9(10)11-6-7/h3-6H2,1-2H3/q-1. The molecule has 0 aromatic heterocycles. The maximum Gasteiger partial charge on any atom is 0.0727 e. The van der Waals surface area contributed by atoms with Crippen molar-refractivity contribution < 1.29 is 4.84 Å². The Hall–Kier alpha value is -0.120. The summed E-state index contributed by atoms with van der Waals surface area (Å²) in [6.07, 6.45) is 3.10. The van der Waals surface area contributed by atoms with E-state index in [1.165, 1.54) is 0 Å². The lowest BCUT2D eigenvalue weighted by Crippen LogP contribution is -2.46. The van der Waals surface area contributed by atoms with Crippen LogP contribution in [0.1, 0.15) is 33.1 Å². The van der Waals surface area contributed by atoms with Gasteiger partial charge in [-0.05, 0) is 31.6 Å². The summed E-state index contributed by atoms with van der Waals surface area (Å²) in [5, 5.41) is 12.0. The number of fused-ring (bicyclic) bond motifs is 2. The summed E-state index contributed by atoms with van der Waals surface area (Å²) >= 11 is 0. The van der Waals surface area contributed by atoms with Crippen LogP contribution in [0.25, 0.3) is 0 Å². The van der Waals surface area contributed by atoms with Gasteiger partial charge < -0.3 is 10.0 Å². The van der Waals surface area contributed by atoms with E-state index in [4.69, 9.17) is 4.84 Å². The quantitative estimate of drug-likeness (QED) is 0.535. The van der Waals surface area contributed by atoms with Gasteiger partial charge in [0.2, 0.25) is 0 Å². The lowest BCUT2D eigenvalue weighted by atomic mass is 9.86. The van der Waals surface area contributed by atoms with E-state index < -0.39 is 0 Å². The van der Waals surface area contributed by atoms with Crippen molar-refractivity contribution >= 4 is 0 Å². The Morgan fingerprint density at radius 2 is 2.09 bits per heavy atom. The molecule has 64 valence electrons. The maximum atomic E-state index is 11.2. The Kier molecular flexibility index (Phi) is 1.35. The minimum atomic E-state index is -0.229. The van der Waals surface area contributed by atoms with Crippen LogP contribution < -0.4 is 0 Å². The van der Waals surface area contributed by atoms with Crippen molar-refractivity contribution in [1.82, 2.24) is 5.23 Å². The summed E-state index contributed by atoms with van der Waals surface area (Å²) in [5.41, 5.74) is 0.0443. The molecule has 1 heterocycles. The van der Waals surface area contributed by atoms with Gasteiger partial charge >= 0.3 is 0 Å². The zero-order chi connectivity index (χ0) is 8.11. The normalized spacial score (nSPS) is 51.5. The van der Waals surface area contributed by atoms with Crippen molar-refractivity contribution in [2.75, 3.05) is 6.61 Å². The number of rotatable bonds is 0. The molecule has 2 rings (SSSR count). The van der Waals surface area contributed by atoms with E-state index in [-0.39, 0.29) is 11.0 Å². The van der Waals surface area contributed by atoms with Crippen LogP contribution in [0.15, 0.2) is 0 Å². The van der Waals surface area contributed by atoms with Gasteiger partial charge in [-0.3, -0.25) is 5.23 Å². The molecule has 11 heavy (non-hydrogen) atoms. The molecule has 3 heteroatoms. The highest BCUT2D eigenvalue weighted by Crippen LogP contribution is 2.50. The van der Waals surface area contributed by atoms with E-state index in [1.807, 2.05) is 6.92 Å². The van der Waals surface area contributed by atoms with Crippen molar-refractivity contribution in [1.29, 1.82) is 0 Å². The van der Waals surface area contributed by atoms with Gasteiger partial charge in [0.05, 0.1) is 6.61 Å². The van der Waals surface area contributed by atoms with E-state index in [9.17, 15) is 5.21 Å². The minimum Gasteiger partial charge on any atom is -0.762 e. The molecule has 0 radical (unpaired) electrons. The van der Waals surface area contributed by atoms with Crippen LogP contribution in [-0.2, 0) is 4.84 Å². The molecular weight excluding hydrogens is 142 g/mol. The average Bonchev–Trinajstić information content (AvgIpc) is 2.20. The zero-order valence-corrected chi connectivity index (χ0v) is 7.09. The Morgan fingerprint density at radius 1 is 1.36 bits per heavy atom. The molecule has 3 nitrogen and oxygen atoms in total. The number of nitrogens with zero attached hydrogens (tertiary/aromatic N) is 1. The summed E-state index contributed by atoms with van der Waals surface area (Å²) < 4.78 is 0. The lowest BCUT2D eigenvalue weighted by Gasteiger charge is -2.48. The minimum absolute atomic E-state index is 0.229. The van der Waals surface area contributed by atoms with Crippen molar-refractivity contribution in [2.24, 2.45) is 5.41 Å². The third-order valence-electron chi connectivity index (χ3n) is 3.05. The lowest BCUT2D eigenvalue weighted by molar-refractivity contribution is -0.225. The van der Waals surface area contributed by atoms with E-state index >= 15 is 0 Å². The van der Waals surface area contributed by atoms with Crippen LogP contribution in [0.5, 0.6) is 0 Å². The molecule has 1 saturated carbocycles. The molecule has 1 saturated heterocycles. The van der Waals surface area contributed by atoms with Crippen molar-refractivity contribution in [3.63, 3.8) is 0 Å². The summed E-state index contributed by atoms with van der Waals surface area (Å²) in [6, 6.07) is 0. The van der Waals surface area contributed by atoms with Crippen LogP contribution in [0.3, 0.4) is 0 Å². The molecule has 1 aliphatic carbocycles. The third kappa shape index (κ3) is 0.991. The predicted octanol–water partition coefficient (Wildman–Crippen LogP) is 1.68. The van der Waals surface area contributed by atoms with Gasteiger partial charge in [0.25, 0.3) is 0 Å². The van der Waals surface area contributed by atoms with Crippen molar-refractivity contribution in [3.05, 3.63) is 5.21 Å². The second-order valence-corrected chi connectivity index (χ2v) is 4.51. The first-order chi connectivity index (χ1) is 5.04.